The van der Waals surface area contributed by atoms with Crippen LogP contribution in [0.4, 0.5) is 0 Å². The van der Waals surface area contributed by atoms with Crippen LogP contribution in [0, 0.1) is 0 Å². The largest absolute Gasteiger partial charge is 0.416 e. The van der Waals surface area contributed by atoms with Gasteiger partial charge in [-0.2, -0.15) is 0 Å². The summed E-state index contributed by atoms with van der Waals surface area (Å²) in [5.41, 5.74) is 0. The van der Waals surface area contributed by atoms with Crippen molar-refractivity contribution in [2.24, 2.45) is 0 Å². The molecule has 0 bridgehead atoms. The maximum absolute atomic E-state index is 5.70. The molecular weight excluding hydrogens is 248 g/mol. The minimum Gasteiger partial charge on any atom is -0.416 e. The summed E-state index contributed by atoms with van der Waals surface area (Å²) in [6.07, 6.45) is 0. The molecule has 0 aliphatic rings. The summed E-state index contributed by atoms with van der Waals surface area (Å²) in [5.74, 6) is 0. The second-order valence-corrected chi connectivity index (χ2v) is 9.44. The molecule has 0 atom stereocenters. The highest BCUT2D eigenvalue weighted by molar-refractivity contribution is 6.84. The van der Waals surface area contributed by atoms with Gasteiger partial charge in [-0.05, 0) is 39.8 Å². The molecule has 19 heavy (non-hydrogen) atoms. The van der Waals surface area contributed by atoms with Gasteiger partial charge in [0, 0.05) is 7.11 Å². The van der Waals surface area contributed by atoms with Crippen molar-refractivity contribution in [1.29, 1.82) is 0 Å². The SMILES string of the molecule is CO[Si](C)(C)c1ccc2c(ccc3ccccc32)c1. The number of benzene rings is 3. The second-order valence-electron chi connectivity index (χ2n) is 5.44. The molecule has 1 nitrogen and oxygen atoms in total. The Labute approximate surface area is 115 Å². The van der Waals surface area contributed by atoms with Crippen molar-refractivity contribution < 1.29 is 4.43 Å². The van der Waals surface area contributed by atoms with Gasteiger partial charge in [0.2, 0.25) is 8.32 Å². The standard InChI is InChI=1S/C17H18OSi/c1-18-19(2,3)15-10-11-17-14(12-15)9-8-13-6-4-5-7-16(13)17/h4-12H,1-3H3. The fraction of sp³-hybridized carbons (Fsp3) is 0.176. The molecule has 0 spiro atoms. The molecule has 96 valence electrons. The van der Waals surface area contributed by atoms with Crippen LogP contribution in [-0.4, -0.2) is 15.4 Å². The highest BCUT2D eigenvalue weighted by Gasteiger charge is 2.23. The minimum atomic E-state index is -1.74. The summed E-state index contributed by atoms with van der Waals surface area (Å²) in [5, 5.41) is 6.59. The van der Waals surface area contributed by atoms with Gasteiger partial charge in [-0.1, -0.05) is 54.6 Å². The predicted octanol–water partition coefficient (Wildman–Crippen LogP) is 4.05. The van der Waals surface area contributed by atoms with Gasteiger partial charge in [-0.3, -0.25) is 0 Å². The van der Waals surface area contributed by atoms with E-state index < -0.39 is 8.32 Å². The van der Waals surface area contributed by atoms with E-state index in [9.17, 15) is 0 Å². The Morgan fingerprint density at radius 1 is 0.789 bits per heavy atom. The van der Waals surface area contributed by atoms with Crippen molar-refractivity contribution in [3.05, 3.63) is 54.6 Å². The van der Waals surface area contributed by atoms with E-state index in [0.29, 0.717) is 0 Å². The Morgan fingerprint density at radius 2 is 1.47 bits per heavy atom. The normalized spacial score (nSPS) is 12.2. The molecule has 0 aromatic heterocycles. The monoisotopic (exact) mass is 266 g/mol. The first-order chi connectivity index (χ1) is 9.12. The first-order valence-electron chi connectivity index (χ1n) is 6.59. The van der Waals surface area contributed by atoms with Crippen LogP contribution < -0.4 is 5.19 Å². The summed E-state index contributed by atoms with van der Waals surface area (Å²) < 4.78 is 5.70. The molecule has 0 radical (unpaired) electrons. The molecule has 0 saturated carbocycles. The zero-order chi connectivity index (χ0) is 13.5. The van der Waals surface area contributed by atoms with Gasteiger partial charge in [0.25, 0.3) is 0 Å². The molecule has 0 fully saturated rings. The summed E-state index contributed by atoms with van der Waals surface area (Å²) in [4.78, 5) is 0. The van der Waals surface area contributed by atoms with Crippen molar-refractivity contribution in [2.45, 2.75) is 13.1 Å². The predicted molar refractivity (Wildman–Crippen MR) is 85.6 cm³/mol. The van der Waals surface area contributed by atoms with E-state index in [4.69, 9.17) is 4.43 Å². The smallest absolute Gasteiger partial charge is 0.217 e. The van der Waals surface area contributed by atoms with E-state index in [1.807, 2.05) is 7.11 Å². The zero-order valence-electron chi connectivity index (χ0n) is 11.6. The fourth-order valence-electron chi connectivity index (χ4n) is 2.51. The third-order valence-electron chi connectivity index (χ3n) is 3.95. The van der Waals surface area contributed by atoms with E-state index in [1.54, 1.807) is 0 Å². The molecule has 0 amide bonds. The average Bonchev–Trinajstić information content (AvgIpc) is 2.46. The Kier molecular flexibility index (Phi) is 2.92. The van der Waals surface area contributed by atoms with Crippen molar-refractivity contribution in [2.75, 3.05) is 7.11 Å². The van der Waals surface area contributed by atoms with E-state index in [2.05, 4.69) is 67.7 Å². The topological polar surface area (TPSA) is 9.23 Å². The van der Waals surface area contributed by atoms with E-state index in [1.165, 1.54) is 26.7 Å². The molecule has 0 aliphatic carbocycles. The molecule has 3 aromatic rings. The molecule has 0 N–H and O–H groups in total. The fourth-order valence-corrected chi connectivity index (χ4v) is 3.73. The number of hydrogen-bond donors (Lipinski definition) is 0. The van der Waals surface area contributed by atoms with Gasteiger partial charge in [0.15, 0.2) is 0 Å². The lowest BCUT2D eigenvalue weighted by atomic mass is 10.0. The lowest BCUT2D eigenvalue weighted by molar-refractivity contribution is 0.416. The Bertz CT molecular complexity index is 746. The minimum absolute atomic E-state index is 1.30. The van der Waals surface area contributed by atoms with Crippen LogP contribution in [-0.2, 0) is 4.43 Å². The molecule has 0 saturated heterocycles. The van der Waals surface area contributed by atoms with Gasteiger partial charge in [0.1, 0.15) is 0 Å². The number of rotatable bonds is 2. The van der Waals surface area contributed by atoms with Crippen LogP contribution in [0.5, 0.6) is 0 Å². The van der Waals surface area contributed by atoms with Gasteiger partial charge < -0.3 is 4.43 Å². The van der Waals surface area contributed by atoms with Crippen LogP contribution in [0.15, 0.2) is 54.6 Å². The highest BCUT2D eigenvalue weighted by Crippen LogP contribution is 2.25. The molecule has 0 aliphatic heterocycles. The van der Waals surface area contributed by atoms with E-state index >= 15 is 0 Å². The third-order valence-corrected chi connectivity index (χ3v) is 6.67. The molecule has 0 unspecified atom stereocenters. The summed E-state index contributed by atoms with van der Waals surface area (Å²) in [6, 6.07) is 19.7. The molecular formula is C17H18OSi. The van der Waals surface area contributed by atoms with Gasteiger partial charge in [-0.15, -0.1) is 0 Å². The Morgan fingerprint density at radius 3 is 2.26 bits per heavy atom. The molecule has 2 heteroatoms. The lowest BCUT2D eigenvalue weighted by Crippen LogP contribution is -2.43. The summed E-state index contributed by atoms with van der Waals surface area (Å²) >= 11 is 0. The van der Waals surface area contributed by atoms with E-state index in [-0.39, 0.29) is 0 Å². The molecule has 0 heterocycles. The number of hydrogen-bond acceptors (Lipinski definition) is 1. The quantitative estimate of drug-likeness (QED) is 0.502. The average molecular weight is 266 g/mol. The van der Waals surface area contributed by atoms with Crippen LogP contribution in [0.3, 0.4) is 0 Å². The van der Waals surface area contributed by atoms with E-state index in [0.717, 1.165) is 0 Å². The number of fused-ring (bicyclic) bond motifs is 3. The first kappa shape index (κ1) is 12.4. The molecule has 3 rings (SSSR count). The highest BCUT2D eigenvalue weighted by atomic mass is 28.4. The van der Waals surface area contributed by atoms with Gasteiger partial charge >= 0.3 is 0 Å². The van der Waals surface area contributed by atoms with Crippen LogP contribution >= 0.6 is 0 Å². The van der Waals surface area contributed by atoms with Gasteiger partial charge in [0.05, 0.1) is 0 Å². The maximum Gasteiger partial charge on any atom is 0.217 e. The van der Waals surface area contributed by atoms with Crippen molar-refractivity contribution in [3.8, 4) is 0 Å². The van der Waals surface area contributed by atoms with Crippen LogP contribution in [0.25, 0.3) is 21.5 Å². The summed E-state index contributed by atoms with van der Waals surface area (Å²) in [7, 11) is 0.0782. The molecule has 3 aromatic carbocycles. The van der Waals surface area contributed by atoms with Crippen molar-refractivity contribution in [3.63, 3.8) is 0 Å². The lowest BCUT2D eigenvalue weighted by Gasteiger charge is -2.21. The maximum atomic E-state index is 5.70. The van der Waals surface area contributed by atoms with Crippen molar-refractivity contribution >= 4 is 35.0 Å². The Hall–Kier alpha value is -1.64. The third kappa shape index (κ3) is 2.07. The van der Waals surface area contributed by atoms with Gasteiger partial charge in [-0.25, -0.2) is 0 Å². The van der Waals surface area contributed by atoms with Crippen LogP contribution in [0.1, 0.15) is 0 Å². The summed E-state index contributed by atoms with van der Waals surface area (Å²) in [6.45, 7) is 4.46. The second kappa shape index (κ2) is 4.48. The van der Waals surface area contributed by atoms with Crippen molar-refractivity contribution in [1.82, 2.24) is 0 Å². The first-order valence-corrected chi connectivity index (χ1v) is 9.50. The Balaban J connectivity index is 2.28. The zero-order valence-corrected chi connectivity index (χ0v) is 12.6. The van der Waals surface area contributed by atoms with Crippen LogP contribution in [0.2, 0.25) is 13.1 Å².